The zero-order chi connectivity index (χ0) is 13.7. The Kier molecular flexibility index (Phi) is 4.72. The van der Waals surface area contributed by atoms with Crippen LogP contribution >= 0.6 is 0 Å². The minimum atomic E-state index is 0.140. The Morgan fingerprint density at radius 1 is 1.21 bits per heavy atom. The Hall–Kier alpha value is -1.64. The van der Waals surface area contributed by atoms with E-state index >= 15 is 0 Å². The second-order valence-corrected chi connectivity index (χ2v) is 4.97. The number of fused-ring (bicyclic) bond motifs is 1. The zero-order valence-corrected chi connectivity index (χ0v) is 11.5. The van der Waals surface area contributed by atoms with Crippen molar-refractivity contribution in [2.24, 2.45) is 5.73 Å². The summed E-state index contributed by atoms with van der Waals surface area (Å²) in [5.74, 6) is 0. The number of likely N-dealkylation sites (N-methyl/N-ethyl adjacent to an activating group) is 1. The van der Waals surface area contributed by atoms with Crippen molar-refractivity contribution in [3.05, 3.63) is 60.7 Å². The summed E-state index contributed by atoms with van der Waals surface area (Å²) in [6.07, 6.45) is 3.72. The minimum Gasteiger partial charge on any atom is -0.327 e. The highest BCUT2D eigenvalue weighted by Gasteiger charge is 2.11. The quantitative estimate of drug-likeness (QED) is 0.778. The van der Waals surface area contributed by atoms with Gasteiger partial charge in [-0.3, -0.25) is 0 Å². The lowest BCUT2D eigenvalue weighted by molar-refractivity contribution is 0.523. The van der Waals surface area contributed by atoms with Gasteiger partial charge in [0, 0.05) is 12.1 Å². The first-order valence-electron chi connectivity index (χ1n) is 6.76. The third-order valence-corrected chi connectivity index (χ3v) is 3.57. The summed E-state index contributed by atoms with van der Waals surface area (Å²) in [6.45, 7) is 3.82. The molecule has 2 heteroatoms. The summed E-state index contributed by atoms with van der Waals surface area (Å²) < 4.78 is 0. The topological polar surface area (TPSA) is 38.0 Å². The maximum Gasteiger partial charge on any atom is 0.0259 e. The second-order valence-electron chi connectivity index (χ2n) is 4.97. The molecule has 3 N–H and O–H groups in total. The fraction of sp³-hybridized carbons (Fsp3) is 0.294. The number of benzene rings is 2. The standard InChI is InChI=1S/C17H22N2/c1-3-16(19-2)12-15(18)11-14-9-6-8-13-7-4-5-10-17(13)14/h3-10,15-16,19H,1,11-12,18H2,2H3. The van der Waals surface area contributed by atoms with Gasteiger partial charge in [0.05, 0.1) is 0 Å². The number of rotatable bonds is 6. The van der Waals surface area contributed by atoms with E-state index in [-0.39, 0.29) is 12.1 Å². The van der Waals surface area contributed by atoms with Crippen LogP contribution < -0.4 is 11.1 Å². The Balaban J connectivity index is 2.15. The van der Waals surface area contributed by atoms with Gasteiger partial charge in [0.1, 0.15) is 0 Å². The Morgan fingerprint density at radius 2 is 1.95 bits per heavy atom. The van der Waals surface area contributed by atoms with Gasteiger partial charge in [-0.2, -0.15) is 0 Å². The molecule has 2 atom stereocenters. The number of hydrogen-bond donors (Lipinski definition) is 2. The number of nitrogens with two attached hydrogens (primary N) is 1. The Labute approximate surface area is 115 Å². The Morgan fingerprint density at radius 3 is 2.68 bits per heavy atom. The number of hydrogen-bond acceptors (Lipinski definition) is 2. The molecule has 2 unspecified atom stereocenters. The van der Waals surface area contributed by atoms with Gasteiger partial charge in [-0.15, -0.1) is 6.58 Å². The van der Waals surface area contributed by atoms with Gasteiger partial charge < -0.3 is 11.1 Å². The lowest BCUT2D eigenvalue weighted by Gasteiger charge is -2.18. The van der Waals surface area contributed by atoms with E-state index in [0.29, 0.717) is 0 Å². The second kappa shape index (κ2) is 6.50. The minimum absolute atomic E-state index is 0.140. The van der Waals surface area contributed by atoms with Gasteiger partial charge in [0.25, 0.3) is 0 Å². The monoisotopic (exact) mass is 254 g/mol. The van der Waals surface area contributed by atoms with Crippen LogP contribution in [0.5, 0.6) is 0 Å². The highest BCUT2D eigenvalue weighted by atomic mass is 14.9. The molecule has 0 aliphatic rings. The lowest BCUT2D eigenvalue weighted by atomic mass is 9.96. The molecule has 2 aromatic rings. The van der Waals surface area contributed by atoms with Gasteiger partial charge in [-0.05, 0) is 36.2 Å². The van der Waals surface area contributed by atoms with Crippen LogP contribution in [-0.2, 0) is 6.42 Å². The predicted molar refractivity (Wildman–Crippen MR) is 83.3 cm³/mol. The molecule has 0 aliphatic carbocycles. The average molecular weight is 254 g/mol. The largest absolute Gasteiger partial charge is 0.327 e. The molecule has 2 nitrogen and oxygen atoms in total. The van der Waals surface area contributed by atoms with Crippen LogP contribution in [-0.4, -0.2) is 19.1 Å². The molecule has 0 bridgehead atoms. The molecular formula is C17H22N2. The molecule has 0 heterocycles. The molecule has 0 fully saturated rings. The molecule has 100 valence electrons. The molecule has 0 spiro atoms. The van der Waals surface area contributed by atoms with Crippen molar-refractivity contribution >= 4 is 10.8 Å². The van der Waals surface area contributed by atoms with Gasteiger partial charge >= 0.3 is 0 Å². The van der Waals surface area contributed by atoms with Crippen molar-refractivity contribution in [1.82, 2.24) is 5.32 Å². The van der Waals surface area contributed by atoms with Gasteiger partial charge in [-0.25, -0.2) is 0 Å². The molecule has 0 saturated heterocycles. The normalized spacial score (nSPS) is 14.2. The van der Waals surface area contributed by atoms with Crippen LogP contribution in [0.25, 0.3) is 10.8 Å². The van der Waals surface area contributed by atoms with E-state index in [2.05, 4.69) is 54.4 Å². The van der Waals surface area contributed by atoms with Crippen molar-refractivity contribution in [2.45, 2.75) is 24.9 Å². The summed E-state index contributed by atoms with van der Waals surface area (Å²) >= 11 is 0. The molecule has 0 saturated carbocycles. The van der Waals surface area contributed by atoms with Crippen molar-refractivity contribution in [3.63, 3.8) is 0 Å². The van der Waals surface area contributed by atoms with Crippen LogP contribution in [0.4, 0.5) is 0 Å². The molecule has 2 aromatic carbocycles. The summed E-state index contributed by atoms with van der Waals surface area (Å²) in [6, 6.07) is 15.3. The van der Waals surface area contributed by atoms with Crippen molar-refractivity contribution in [1.29, 1.82) is 0 Å². The highest BCUT2D eigenvalue weighted by molar-refractivity contribution is 5.85. The fourth-order valence-corrected chi connectivity index (χ4v) is 2.49. The van der Waals surface area contributed by atoms with Crippen molar-refractivity contribution in [2.75, 3.05) is 7.05 Å². The maximum absolute atomic E-state index is 6.26. The van der Waals surface area contributed by atoms with E-state index in [1.165, 1.54) is 16.3 Å². The summed E-state index contributed by atoms with van der Waals surface area (Å²) in [4.78, 5) is 0. The van der Waals surface area contributed by atoms with E-state index in [0.717, 1.165) is 12.8 Å². The SMILES string of the molecule is C=CC(CC(N)Cc1cccc2ccccc12)NC. The average Bonchev–Trinajstić information content (AvgIpc) is 2.45. The van der Waals surface area contributed by atoms with Crippen LogP contribution in [0.2, 0.25) is 0 Å². The third kappa shape index (κ3) is 3.43. The first kappa shape index (κ1) is 13.8. The first-order chi connectivity index (χ1) is 9.24. The smallest absolute Gasteiger partial charge is 0.0259 e. The zero-order valence-electron chi connectivity index (χ0n) is 11.5. The number of nitrogens with one attached hydrogen (secondary N) is 1. The van der Waals surface area contributed by atoms with Gasteiger partial charge in [0.2, 0.25) is 0 Å². The third-order valence-electron chi connectivity index (χ3n) is 3.57. The molecule has 0 aromatic heterocycles. The molecule has 19 heavy (non-hydrogen) atoms. The van der Waals surface area contributed by atoms with Crippen LogP contribution in [0.1, 0.15) is 12.0 Å². The van der Waals surface area contributed by atoms with Crippen LogP contribution in [0.15, 0.2) is 55.1 Å². The van der Waals surface area contributed by atoms with Crippen molar-refractivity contribution < 1.29 is 0 Å². The predicted octanol–water partition coefficient (Wildman–Crippen LogP) is 2.87. The fourth-order valence-electron chi connectivity index (χ4n) is 2.49. The van der Waals surface area contributed by atoms with Crippen molar-refractivity contribution in [3.8, 4) is 0 Å². The van der Waals surface area contributed by atoms with Gasteiger partial charge in [0.15, 0.2) is 0 Å². The van der Waals surface area contributed by atoms with Crippen LogP contribution in [0.3, 0.4) is 0 Å². The molecule has 0 aliphatic heterocycles. The summed E-state index contributed by atoms with van der Waals surface area (Å²) in [5.41, 5.74) is 7.58. The molecule has 2 rings (SSSR count). The summed E-state index contributed by atoms with van der Waals surface area (Å²) in [5, 5.41) is 5.79. The lowest BCUT2D eigenvalue weighted by Crippen LogP contribution is -2.33. The van der Waals surface area contributed by atoms with E-state index in [9.17, 15) is 0 Å². The van der Waals surface area contributed by atoms with E-state index < -0.39 is 0 Å². The molecule has 0 amide bonds. The van der Waals surface area contributed by atoms with E-state index in [1.54, 1.807) is 0 Å². The van der Waals surface area contributed by atoms with Crippen LogP contribution in [0, 0.1) is 0 Å². The van der Waals surface area contributed by atoms with E-state index in [4.69, 9.17) is 5.73 Å². The maximum atomic E-state index is 6.26. The first-order valence-corrected chi connectivity index (χ1v) is 6.76. The van der Waals surface area contributed by atoms with Gasteiger partial charge in [-0.1, -0.05) is 48.5 Å². The molecular weight excluding hydrogens is 232 g/mol. The summed E-state index contributed by atoms with van der Waals surface area (Å²) in [7, 11) is 1.94. The van der Waals surface area contributed by atoms with E-state index in [1.807, 2.05) is 13.1 Å². The molecule has 0 radical (unpaired) electrons. The Bertz CT molecular complexity index is 542. The highest BCUT2D eigenvalue weighted by Crippen LogP contribution is 2.20.